The quantitative estimate of drug-likeness (QED) is 0.420. The number of halogens is 1. The molecular weight excluding hydrogens is 431 g/mol. The molecule has 2 N–H and O–H groups in total. The molecule has 0 aliphatic heterocycles. The summed E-state index contributed by atoms with van der Waals surface area (Å²) >= 11 is 0. The molecule has 1 unspecified atom stereocenters. The summed E-state index contributed by atoms with van der Waals surface area (Å²) in [4.78, 5) is 17.5. The lowest BCUT2D eigenvalue weighted by atomic mass is 10.0. The van der Waals surface area contributed by atoms with Gasteiger partial charge in [0.05, 0.1) is 11.8 Å². The summed E-state index contributed by atoms with van der Waals surface area (Å²) in [6.45, 7) is 0.436. The second-order valence-electron chi connectivity index (χ2n) is 7.80. The average Bonchev–Trinajstić information content (AvgIpc) is 3.29. The van der Waals surface area contributed by atoms with Crippen LogP contribution in [0.15, 0.2) is 79.3 Å². The van der Waals surface area contributed by atoms with Crippen molar-refractivity contribution >= 4 is 11.7 Å². The van der Waals surface area contributed by atoms with E-state index in [0.717, 1.165) is 22.3 Å². The summed E-state index contributed by atoms with van der Waals surface area (Å²) in [6, 6.07) is 18.7. The first kappa shape index (κ1) is 22.8. The molecule has 0 bridgehead atoms. The molecule has 7 nitrogen and oxygen atoms in total. The fourth-order valence-electron chi connectivity index (χ4n) is 3.58. The van der Waals surface area contributed by atoms with Crippen LogP contribution in [0, 0.1) is 17.1 Å². The summed E-state index contributed by atoms with van der Waals surface area (Å²) in [5.41, 5.74) is 3.40. The Hall–Kier alpha value is -4.35. The van der Waals surface area contributed by atoms with Crippen LogP contribution in [0.1, 0.15) is 22.7 Å². The third-order valence-corrected chi connectivity index (χ3v) is 5.36. The minimum atomic E-state index is -0.621. The Bertz CT molecular complexity index is 1310. The van der Waals surface area contributed by atoms with Crippen molar-refractivity contribution in [1.29, 1.82) is 5.26 Å². The molecule has 0 saturated heterocycles. The van der Waals surface area contributed by atoms with Crippen molar-refractivity contribution < 1.29 is 9.18 Å². The van der Waals surface area contributed by atoms with Crippen molar-refractivity contribution in [2.75, 3.05) is 11.9 Å². The Kier molecular flexibility index (Phi) is 7.06. The van der Waals surface area contributed by atoms with Gasteiger partial charge in [0.15, 0.2) is 0 Å². The zero-order chi connectivity index (χ0) is 23.9. The molecule has 34 heavy (non-hydrogen) atoms. The number of anilines is 1. The van der Waals surface area contributed by atoms with Crippen LogP contribution in [0.3, 0.4) is 0 Å². The highest BCUT2D eigenvalue weighted by atomic mass is 19.1. The topological polar surface area (TPSA) is 95.6 Å². The lowest BCUT2D eigenvalue weighted by molar-refractivity contribution is -0.118. The number of aromatic nitrogens is 3. The minimum absolute atomic E-state index is 0.0142. The normalized spacial score (nSPS) is 11.6. The van der Waals surface area contributed by atoms with Gasteiger partial charge in [-0.05, 0) is 41.8 Å². The molecule has 0 fully saturated rings. The number of benzene rings is 2. The Morgan fingerprint density at radius 3 is 2.59 bits per heavy atom. The van der Waals surface area contributed by atoms with E-state index in [1.54, 1.807) is 29.2 Å². The molecule has 4 rings (SSSR count). The van der Waals surface area contributed by atoms with Gasteiger partial charge in [0.1, 0.15) is 23.7 Å². The molecule has 170 valence electrons. The number of nitriles is 1. The first-order chi connectivity index (χ1) is 16.5. The monoisotopic (exact) mass is 454 g/mol. The van der Waals surface area contributed by atoms with E-state index in [1.807, 2.05) is 55.7 Å². The number of nitrogens with one attached hydrogen (secondary N) is 2. The molecule has 2 aromatic heterocycles. The molecule has 0 saturated carbocycles. The van der Waals surface area contributed by atoms with Crippen LogP contribution >= 0.6 is 0 Å². The summed E-state index contributed by atoms with van der Waals surface area (Å²) in [5, 5.41) is 19.2. The van der Waals surface area contributed by atoms with Crippen molar-refractivity contribution in [2.24, 2.45) is 7.05 Å². The number of carbonyl (C=O) groups excluding carboxylic acids is 1. The Morgan fingerprint density at radius 2 is 1.94 bits per heavy atom. The van der Waals surface area contributed by atoms with Gasteiger partial charge in [-0.15, -0.1) is 0 Å². The maximum Gasteiger partial charge on any atom is 0.247 e. The van der Waals surface area contributed by atoms with Gasteiger partial charge >= 0.3 is 0 Å². The van der Waals surface area contributed by atoms with Crippen LogP contribution in [0.5, 0.6) is 0 Å². The third kappa shape index (κ3) is 5.52. The Balaban J connectivity index is 1.43. The van der Waals surface area contributed by atoms with Gasteiger partial charge in [0.25, 0.3) is 0 Å². The maximum absolute atomic E-state index is 13.9. The highest BCUT2D eigenvalue weighted by Crippen LogP contribution is 2.20. The first-order valence-electron chi connectivity index (χ1n) is 10.8. The van der Waals surface area contributed by atoms with Crippen molar-refractivity contribution in [3.8, 4) is 17.2 Å². The van der Waals surface area contributed by atoms with E-state index in [0.29, 0.717) is 18.8 Å². The zero-order valence-electron chi connectivity index (χ0n) is 18.6. The summed E-state index contributed by atoms with van der Waals surface area (Å²) < 4.78 is 15.6. The molecule has 0 spiro atoms. The number of hydrogen-bond donors (Lipinski definition) is 2. The maximum atomic E-state index is 13.9. The van der Waals surface area contributed by atoms with Gasteiger partial charge in [-0.2, -0.15) is 10.4 Å². The van der Waals surface area contributed by atoms with Gasteiger partial charge < -0.3 is 10.6 Å². The van der Waals surface area contributed by atoms with E-state index >= 15 is 0 Å². The minimum Gasteiger partial charge on any atom is -0.309 e. The van der Waals surface area contributed by atoms with Crippen LogP contribution in [0.4, 0.5) is 10.2 Å². The lowest BCUT2D eigenvalue weighted by Crippen LogP contribution is -2.34. The largest absolute Gasteiger partial charge is 0.309 e. The second kappa shape index (κ2) is 10.5. The molecule has 2 heterocycles. The van der Waals surface area contributed by atoms with Gasteiger partial charge in [-0.3, -0.25) is 9.48 Å². The molecule has 8 heteroatoms. The predicted octanol–water partition coefficient (Wildman–Crippen LogP) is 4.00. The van der Waals surface area contributed by atoms with E-state index in [1.165, 1.54) is 12.1 Å². The number of hydrogen-bond acceptors (Lipinski definition) is 5. The fourth-order valence-corrected chi connectivity index (χ4v) is 3.58. The first-order valence-corrected chi connectivity index (χ1v) is 10.8. The predicted molar refractivity (Wildman–Crippen MR) is 127 cm³/mol. The van der Waals surface area contributed by atoms with E-state index in [4.69, 9.17) is 5.26 Å². The molecule has 4 aromatic rings. The highest BCUT2D eigenvalue weighted by Gasteiger charge is 2.20. The van der Waals surface area contributed by atoms with Crippen LogP contribution in [0.2, 0.25) is 0 Å². The van der Waals surface area contributed by atoms with Crippen LogP contribution < -0.4 is 10.6 Å². The zero-order valence-corrected chi connectivity index (χ0v) is 18.6. The molecule has 0 aliphatic carbocycles. The fraction of sp³-hybridized carbons (Fsp3) is 0.154. The summed E-state index contributed by atoms with van der Waals surface area (Å²) in [7, 11) is 1.85. The number of aryl methyl sites for hydroxylation is 1. The van der Waals surface area contributed by atoms with E-state index < -0.39 is 11.9 Å². The van der Waals surface area contributed by atoms with Crippen molar-refractivity contribution in [3.05, 3.63) is 102 Å². The second-order valence-corrected chi connectivity index (χ2v) is 7.80. The van der Waals surface area contributed by atoms with Crippen molar-refractivity contribution in [3.63, 3.8) is 0 Å². The number of rotatable bonds is 8. The van der Waals surface area contributed by atoms with Crippen molar-refractivity contribution in [1.82, 2.24) is 20.1 Å². The van der Waals surface area contributed by atoms with Gasteiger partial charge in [0.2, 0.25) is 5.91 Å². The van der Waals surface area contributed by atoms with Crippen LogP contribution in [-0.2, 0) is 18.3 Å². The summed E-state index contributed by atoms with van der Waals surface area (Å²) in [5.74, 6) is -0.355. The molecule has 0 aliphatic rings. The molecule has 2 aromatic carbocycles. The van der Waals surface area contributed by atoms with Gasteiger partial charge in [0, 0.05) is 37.1 Å². The molecular formula is C26H23FN6O. The van der Waals surface area contributed by atoms with Crippen LogP contribution in [-0.4, -0.2) is 27.2 Å². The molecule has 1 atom stereocenters. The van der Waals surface area contributed by atoms with E-state index in [2.05, 4.69) is 20.7 Å². The highest BCUT2D eigenvalue weighted by molar-refractivity contribution is 5.94. The SMILES string of the molecule is Cn1cc(-c2ccc(NC(=O)C(NCCc3ccc(C#N)c(F)c3)c3ccccc3)nc2)cn1. The Labute approximate surface area is 196 Å². The van der Waals surface area contributed by atoms with Crippen LogP contribution in [0.25, 0.3) is 11.1 Å². The Morgan fingerprint density at radius 1 is 1.12 bits per heavy atom. The molecule has 1 amide bonds. The number of nitrogens with zero attached hydrogens (tertiary/aromatic N) is 4. The summed E-state index contributed by atoms with van der Waals surface area (Å²) in [6.07, 6.45) is 5.84. The average molecular weight is 455 g/mol. The number of pyridine rings is 1. The van der Waals surface area contributed by atoms with Crippen molar-refractivity contribution in [2.45, 2.75) is 12.5 Å². The van der Waals surface area contributed by atoms with E-state index in [-0.39, 0.29) is 11.5 Å². The molecule has 0 radical (unpaired) electrons. The van der Waals surface area contributed by atoms with E-state index in [9.17, 15) is 9.18 Å². The number of amides is 1. The number of carbonyl (C=O) groups is 1. The van der Waals surface area contributed by atoms with Gasteiger partial charge in [-0.25, -0.2) is 9.37 Å². The third-order valence-electron chi connectivity index (χ3n) is 5.36. The smallest absolute Gasteiger partial charge is 0.247 e. The standard InChI is InChI=1S/C26H23FN6O/c1-33-17-22(16-31-33)21-9-10-24(30-15-21)32-26(34)25(19-5-3-2-4-6-19)29-12-11-18-7-8-20(14-28)23(27)13-18/h2-10,13,15-17,25,29H,11-12H2,1H3,(H,30,32,34). The van der Waals surface area contributed by atoms with Gasteiger partial charge in [-0.1, -0.05) is 36.4 Å². The lowest BCUT2D eigenvalue weighted by Gasteiger charge is -2.19.